The van der Waals surface area contributed by atoms with Crippen LogP contribution in [0.4, 0.5) is 0 Å². The summed E-state index contributed by atoms with van der Waals surface area (Å²) in [5.41, 5.74) is 17.9. The number of furan rings is 1. The molecule has 1 fully saturated rings. The van der Waals surface area contributed by atoms with Crippen LogP contribution in [-0.2, 0) is 12.8 Å². The molecule has 10 aliphatic rings. The fourth-order valence-electron chi connectivity index (χ4n) is 12.4. The van der Waals surface area contributed by atoms with Gasteiger partial charge in [0.25, 0.3) is 0 Å². The number of nitrogens with zero attached hydrogens (tertiary/aromatic N) is 1. The van der Waals surface area contributed by atoms with Gasteiger partial charge in [-0.3, -0.25) is 0 Å². The van der Waals surface area contributed by atoms with Crippen LogP contribution in [0.5, 0.6) is 0 Å². The van der Waals surface area contributed by atoms with Crippen LogP contribution in [0.25, 0.3) is 46.0 Å². The van der Waals surface area contributed by atoms with Crippen molar-refractivity contribution in [3.63, 3.8) is 0 Å². The Morgan fingerprint density at radius 3 is 2.79 bits per heavy atom. The molecule has 0 radical (unpaired) electrons. The summed E-state index contributed by atoms with van der Waals surface area (Å²) in [4.78, 5) is 0. The maximum atomic E-state index is 6.66. The molecule has 0 spiro atoms. The standard InChI is InChI=1S/C49H44N2O/c1-2-7-27(8-3-1)28-13-15-29(16-14-28)47-36-11-6-10-35(36)46-45(48(46)50-47)31-17-19-34-40-23-30(18-22-43(40)52-44(34)26-31)32-24-39-38-21-20-37-33-9-4-5-12-41(33)51(49(37)38)42(39)25-32/h2,4-7,10,12-13,15-16,18,21-23,25-28,33,45-48,50H,1,3,8-9,11,14,17,19-20,24H2/p+1. The summed E-state index contributed by atoms with van der Waals surface area (Å²) >= 11 is 0. The van der Waals surface area contributed by atoms with Gasteiger partial charge in [-0.05, 0) is 133 Å². The topological polar surface area (TPSA) is 34.7 Å². The quantitative estimate of drug-likeness (QED) is 0.279. The summed E-state index contributed by atoms with van der Waals surface area (Å²) in [5.74, 6) is 4.39. The first-order valence-corrected chi connectivity index (χ1v) is 20.4. The Balaban J connectivity index is 0.780. The molecule has 13 rings (SSSR count). The first-order chi connectivity index (χ1) is 25.8. The van der Waals surface area contributed by atoms with Gasteiger partial charge in [0.15, 0.2) is 0 Å². The number of benzene rings is 1. The lowest BCUT2D eigenvalue weighted by molar-refractivity contribution is -0.692. The molecule has 4 heterocycles. The molecule has 2 aromatic heterocycles. The Labute approximate surface area is 305 Å². The number of allylic oxidation sites excluding steroid dienone is 11. The van der Waals surface area contributed by atoms with Crippen molar-refractivity contribution in [1.82, 2.24) is 4.57 Å². The number of nitrogens with two attached hydrogens (primary N) is 1. The molecule has 2 aliphatic heterocycles. The smallest absolute Gasteiger partial charge is 0.135 e. The molecule has 1 saturated carbocycles. The van der Waals surface area contributed by atoms with E-state index in [1.165, 1.54) is 75.3 Å². The fourth-order valence-corrected chi connectivity index (χ4v) is 12.4. The highest BCUT2D eigenvalue weighted by molar-refractivity contribution is 5.95. The van der Waals surface area contributed by atoms with E-state index in [9.17, 15) is 0 Å². The summed E-state index contributed by atoms with van der Waals surface area (Å²) in [6.45, 7) is 0. The van der Waals surface area contributed by atoms with Crippen LogP contribution in [0.1, 0.15) is 79.5 Å². The van der Waals surface area contributed by atoms with Gasteiger partial charge >= 0.3 is 0 Å². The van der Waals surface area contributed by atoms with E-state index in [4.69, 9.17) is 4.42 Å². The summed E-state index contributed by atoms with van der Waals surface area (Å²) in [7, 11) is 0. The van der Waals surface area contributed by atoms with E-state index in [2.05, 4.69) is 107 Å². The minimum atomic E-state index is 0.484. The lowest BCUT2D eigenvalue weighted by Crippen LogP contribution is -2.94. The van der Waals surface area contributed by atoms with Gasteiger partial charge < -0.3 is 14.3 Å². The molecule has 8 aliphatic carbocycles. The highest BCUT2D eigenvalue weighted by Crippen LogP contribution is 2.55. The average Bonchev–Trinajstić information content (AvgIpc) is 3.87. The van der Waals surface area contributed by atoms with Crippen LogP contribution >= 0.6 is 0 Å². The predicted molar refractivity (Wildman–Crippen MR) is 211 cm³/mol. The second kappa shape index (κ2) is 10.5. The third-order valence-electron chi connectivity index (χ3n) is 14.9. The Morgan fingerprint density at radius 2 is 1.87 bits per heavy atom. The van der Waals surface area contributed by atoms with E-state index in [0.717, 1.165) is 55.8 Å². The van der Waals surface area contributed by atoms with Crippen LogP contribution in [0.15, 0.2) is 106 Å². The van der Waals surface area contributed by atoms with Crippen LogP contribution in [0, 0.1) is 29.6 Å². The number of hydrogen-bond acceptors (Lipinski definition) is 1. The van der Waals surface area contributed by atoms with E-state index < -0.39 is 0 Å². The first-order valence-electron chi connectivity index (χ1n) is 20.4. The maximum Gasteiger partial charge on any atom is 0.135 e. The lowest BCUT2D eigenvalue weighted by Gasteiger charge is -2.29. The van der Waals surface area contributed by atoms with Crippen LogP contribution < -0.4 is 15.9 Å². The van der Waals surface area contributed by atoms with Gasteiger partial charge in [-0.25, -0.2) is 0 Å². The fraction of sp³-hybridized carbons (Fsp3) is 0.347. The van der Waals surface area contributed by atoms with Crippen LogP contribution in [0.2, 0.25) is 0 Å². The van der Waals surface area contributed by atoms with Crippen molar-refractivity contribution in [2.45, 2.75) is 76.3 Å². The summed E-state index contributed by atoms with van der Waals surface area (Å²) in [6, 6.07) is 8.14. The zero-order valence-electron chi connectivity index (χ0n) is 29.8. The molecule has 3 nitrogen and oxygen atoms in total. The van der Waals surface area contributed by atoms with Crippen molar-refractivity contribution in [3.8, 4) is 0 Å². The molecule has 2 N–H and O–H groups in total. The average molecular weight is 678 g/mol. The maximum absolute atomic E-state index is 6.66. The third kappa shape index (κ3) is 3.90. The number of rotatable bonds is 4. The molecular weight excluding hydrogens is 633 g/mol. The summed E-state index contributed by atoms with van der Waals surface area (Å²) in [5, 5.41) is 7.11. The van der Waals surface area contributed by atoms with Gasteiger partial charge in [-0.1, -0.05) is 72.4 Å². The summed E-state index contributed by atoms with van der Waals surface area (Å²) in [6.07, 6.45) is 43.7. The second-order valence-electron chi connectivity index (χ2n) is 17.3. The van der Waals surface area contributed by atoms with Crippen molar-refractivity contribution in [3.05, 3.63) is 140 Å². The van der Waals surface area contributed by atoms with Crippen molar-refractivity contribution >= 4 is 46.0 Å². The number of aromatic nitrogens is 1. The molecule has 52 heavy (non-hydrogen) atoms. The minimum Gasteiger partial charge on any atom is -0.456 e. The molecule has 0 amide bonds. The second-order valence-corrected chi connectivity index (χ2v) is 17.3. The van der Waals surface area contributed by atoms with Crippen molar-refractivity contribution < 1.29 is 9.73 Å². The zero-order chi connectivity index (χ0) is 33.7. The molecule has 7 atom stereocenters. The van der Waals surface area contributed by atoms with Gasteiger partial charge in [-0.15, -0.1) is 0 Å². The molecule has 1 aromatic carbocycles. The predicted octanol–water partition coefficient (Wildman–Crippen LogP) is 8.10. The zero-order valence-corrected chi connectivity index (χ0v) is 29.8. The highest BCUT2D eigenvalue weighted by Gasteiger charge is 2.62. The van der Waals surface area contributed by atoms with Gasteiger partial charge in [-0.2, -0.15) is 0 Å². The van der Waals surface area contributed by atoms with Crippen molar-refractivity contribution in [2.75, 3.05) is 0 Å². The molecule has 0 bridgehead atoms. The lowest BCUT2D eigenvalue weighted by atomic mass is 9.78. The van der Waals surface area contributed by atoms with Crippen molar-refractivity contribution in [2.24, 2.45) is 29.6 Å². The van der Waals surface area contributed by atoms with E-state index in [-0.39, 0.29) is 0 Å². The molecule has 3 aromatic rings. The number of aryl methyl sites for hydroxylation is 1. The Hall–Kier alpha value is -4.60. The number of fused-ring (bicyclic) bond motifs is 11. The molecule has 7 unspecified atom stereocenters. The minimum absolute atomic E-state index is 0.484. The SMILES string of the molecule is C1=CCC2C(=C1)n1c3c(c4c1=C2CC=4)CC(c1ccc2oc4c(c2c1)CCC(C1C2[NH2+]C(C5=CCC(C6C=CCCC6)C=C5)C5=C(C=CC5)C21)=C4)=C3. The van der Waals surface area contributed by atoms with Crippen LogP contribution in [0.3, 0.4) is 0 Å². The van der Waals surface area contributed by atoms with E-state index in [1.54, 1.807) is 27.9 Å². The largest absolute Gasteiger partial charge is 0.456 e. The number of quaternary nitrogens is 1. The Bertz CT molecular complexity index is 2600. The first kappa shape index (κ1) is 28.9. The molecular formula is C49H45N2O+. The summed E-state index contributed by atoms with van der Waals surface area (Å²) < 4.78 is 9.27. The Kier molecular flexibility index (Phi) is 5.84. The molecule has 3 heteroatoms. The van der Waals surface area contributed by atoms with Gasteiger partial charge in [0, 0.05) is 51.6 Å². The van der Waals surface area contributed by atoms with Crippen molar-refractivity contribution in [1.29, 1.82) is 0 Å². The normalized spacial score (nSPS) is 32.5. The molecule has 0 saturated heterocycles. The van der Waals surface area contributed by atoms with E-state index in [0.29, 0.717) is 35.8 Å². The molecule has 256 valence electrons. The Morgan fingerprint density at radius 1 is 0.865 bits per heavy atom. The van der Waals surface area contributed by atoms with Crippen LogP contribution in [-0.4, -0.2) is 16.7 Å². The van der Waals surface area contributed by atoms with Gasteiger partial charge in [0.1, 0.15) is 23.4 Å². The van der Waals surface area contributed by atoms with Gasteiger partial charge in [0.05, 0.1) is 11.0 Å². The van der Waals surface area contributed by atoms with E-state index in [1.807, 2.05) is 0 Å². The van der Waals surface area contributed by atoms with E-state index >= 15 is 0 Å². The monoisotopic (exact) mass is 677 g/mol. The highest BCUT2D eigenvalue weighted by atomic mass is 16.3. The number of hydrogen-bond donors (Lipinski definition) is 1. The van der Waals surface area contributed by atoms with Gasteiger partial charge in [0.2, 0.25) is 0 Å². The third-order valence-corrected chi connectivity index (χ3v) is 14.9.